The fraction of sp³-hybridized carbons (Fsp3) is 0.381. The molecule has 27 heavy (non-hydrogen) atoms. The molecule has 3 aromatic rings. The van der Waals surface area contributed by atoms with Gasteiger partial charge >= 0.3 is 5.97 Å². The van der Waals surface area contributed by atoms with E-state index in [1.165, 1.54) is 5.56 Å². The number of pyridine rings is 1. The number of carbonyl (C=O) groups is 1. The van der Waals surface area contributed by atoms with Crippen molar-refractivity contribution < 1.29 is 9.90 Å². The minimum atomic E-state index is -0.927. The first kappa shape index (κ1) is 17.7. The zero-order valence-electron chi connectivity index (χ0n) is 15.7. The number of aryl methyl sites for hydroxylation is 1. The summed E-state index contributed by atoms with van der Waals surface area (Å²) in [7, 11) is 2.12. The van der Waals surface area contributed by atoms with Crippen LogP contribution in [-0.4, -0.2) is 43.8 Å². The number of aromatic nitrogens is 3. The van der Waals surface area contributed by atoms with Gasteiger partial charge in [-0.25, -0.2) is 4.79 Å². The van der Waals surface area contributed by atoms with Gasteiger partial charge in [-0.05, 0) is 57.0 Å². The summed E-state index contributed by atoms with van der Waals surface area (Å²) < 4.78 is 1.85. The van der Waals surface area contributed by atoms with Crippen LogP contribution in [0.2, 0.25) is 0 Å². The highest BCUT2D eigenvalue weighted by Gasteiger charge is 2.30. The maximum atomic E-state index is 11.6. The first-order chi connectivity index (χ1) is 13.1. The Labute approximate surface area is 158 Å². The zero-order valence-corrected chi connectivity index (χ0v) is 15.7. The van der Waals surface area contributed by atoms with Crippen LogP contribution in [0.5, 0.6) is 0 Å². The van der Waals surface area contributed by atoms with Gasteiger partial charge in [-0.3, -0.25) is 14.6 Å². The van der Waals surface area contributed by atoms with Crippen LogP contribution in [0.25, 0.3) is 10.9 Å². The Bertz CT molecular complexity index is 995. The monoisotopic (exact) mass is 364 g/mol. The highest BCUT2D eigenvalue weighted by atomic mass is 16.4. The predicted octanol–water partition coefficient (Wildman–Crippen LogP) is 3.14. The van der Waals surface area contributed by atoms with Crippen LogP contribution in [0.15, 0.2) is 36.5 Å². The lowest BCUT2D eigenvalue weighted by atomic mass is 9.90. The second-order valence-corrected chi connectivity index (χ2v) is 7.24. The lowest BCUT2D eigenvalue weighted by molar-refractivity contribution is 0.0687. The van der Waals surface area contributed by atoms with E-state index >= 15 is 0 Å². The largest absolute Gasteiger partial charge is 0.476 e. The van der Waals surface area contributed by atoms with E-state index in [9.17, 15) is 9.90 Å². The molecular weight excluding hydrogens is 340 g/mol. The number of carboxylic acid groups (broad SMARTS) is 1. The van der Waals surface area contributed by atoms with E-state index in [1.54, 1.807) is 0 Å². The van der Waals surface area contributed by atoms with Crippen molar-refractivity contribution in [3.8, 4) is 0 Å². The highest BCUT2D eigenvalue weighted by Crippen LogP contribution is 2.28. The predicted molar refractivity (Wildman–Crippen MR) is 104 cm³/mol. The molecule has 2 heterocycles. The highest BCUT2D eigenvalue weighted by molar-refractivity contribution is 5.87. The molecule has 0 spiro atoms. The van der Waals surface area contributed by atoms with E-state index in [4.69, 9.17) is 0 Å². The van der Waals surface area contributed by atoms with Gasteiger partial charge in [-0.15, -0.1) is 0 Å². The van der Waals surface area contributed by atoms with Crippen molar-refractivity contribution in [3.63, 3.8) is 0 Å². The first-order valence-electron chi connectivity index (χ1n) is 9.42. The average Bonchev–Trinajstić information content (AvgIpc) is 3.06. The Balaban J connectivity index is 1.54. The number of likely N-dealkylation sites (N-methyl/N-ethyl adjacent to an activating group) is 1. The van der Waals surface area contributed by atoms with Crippen molar-refractivity contribution in [3.05, 3.63) is 59.0 Å². The molecule has 0 saturated carbocycles. The van der Waals surface area contributed by atoms with E-state index in [0.717, 1.165) is 48.0 Å². The van der Waals surface area contributed by atoms with Gasteiger partial charge in [0.25, 0.3) is 0 Å². The van der Waals surface area contributed by atoms with Crippen LogP contribution in [0.1, 0.15) is 40.7 Å². The van der Waals surface area contributed by atoms with Crippen LogP contribution in [0.3, 0.4) is 0 Å². The SMILES string of the molecule is CCn1nc(C(=O)O)c2c1CCC(N(C)Cc1ccc3ncccc3c1)C2. The zero-order chi connectivity index (χ0) is 19.0. The van der Waals surface area contributed by atoms with Gasteiger partial charge < -0.3 is 5.11 Å². The molecule has 1 N–H and O–H groups in total. The molecule has 0 amide bonds. The summed E-state index contributed by atoms with van der Waals surface area (Å²) in [5.74, 6) is -0.927. The van der Waals surface area contributed by atoms with E-state index in [1.807, 2.05) is 23.9 Å². The number of fused-ring (bicyclic) bond motifs is 2. The lowest BCUT2D eigenvalue weighted by Crippen LogP contribution is -2.36. The molecule has 0 saturated heterocycles. The van der Waals surface area contributed by atoms with Gasteiger partial charge in [-0.2, -0.15) is 5.10 Å². The number of hydrogen-bond donors (Lipinski definition) is 1. The normalized spacial score (nSPS) is 16.6. The molecular formula is C21H24N4O2. The Hall–Kier alpha value is -2.73. The molecule has 0 radical (unpaired) electrons. The summed E-state index contributed by atoms with van der Waals surface area (Å²) in [4.78, 5) is 18.3. The number of rotatable bonds is 5. The molecule has 1 aromatic carbocycles. The summed E-state index contributed by atoms with van der Waals surface area (Å²) in [5.41, 5.74) is 4.48. The minimum Gasteiger partial charge on any atom is -0.476 e. The molecule has 6 nitrogen and oxygen atoms in total. The summed E-state index contributed by atoms with van der Waals surface area (Å²) in [6, 6.07) is 10.7. The fourth-order valence-electron chi connectivity index (χ4n) is 4.12. The van der Waals surface area contributed by atoms with Gasteiger partial charge in [0.05, 0.1) is 5.52 Å². The molecule has 0 fully saturated rings. The van der Waals surface area contributed by atoms with Gasteiger partial charge in [0.2, 0.25) is 0 Å². The topological polar surface area (TPSA) is 71.2 Å². The Kier molecular flexibility index (Phi) is 4.66. The molecule has 1 aliphatic carbocycles. The van der Waals surface area contributed by atoms with E-state index < -0.39 is 5.97 Å². The lowest BCUT2D eigenvalue weighted by Gasteiger charge is -2.31. The van der Waals surface area contributed by atoms with Crippen molar-refractivity contribution in [1.29, 1.82) is 0 Å². The van der Waals surface area contributed by atoms with Gasteiger partial charge in [0.15, 0.2) is 5.69 Å². The van der Waals surface area contributed by atoms with E-state index in [0.29, 0.717) is 12.6 Å². The van der Waals surface area contributed by atoms with Gasteiger partial charge in [-0.1, -0.05) is 12.1 Å². The van der Waals surface area contributed by atoms with Gasteiger partial charge in [0.1, 0.15) is 0 Å². The molecule has 4 rings (SSSR count). The number of hydrogen-bond acceptors (Lipinski definition) is 4. The Morgan fingerprint density at radius 3 is 3.00 bits per heavy atom. The molecule has 140 valence electrons. The molecule has 6 heteroatoms. The number of nitrogens with zero attached hydrogens (tertiary/aromatic N) is 4. The summed E-state index contributed by atoms with van der Waals surface area (Å²) in [6.07, 6.45) is 4.44. The third kappa shape index (κ3) is 3.32. The number of aromatic carboxylic acids is 1. The molecule has 2 aromatic heterocycles. The second-order valence-electron chi connectivity index (χ2n) is 7.24. The van der Waals surface area contributed by atoms with Crippen LogP contribution >= 0.6 is 0 Å². The minimum absolute atomic E-state index is 0.224. The maximum absolute atomic E-state index is 11.6. The molecule has 1 unspecified atom stereocenters. The summed E-state index contributed by atoms with van der Waals surface area (Å²) >= 11 is 0. The summed E-state index contributed by atoms with van der Waals surface area (Å²) in [5, 5.41) is 15.0. The van der Waals surface area contributed by atoms with Gasteiger partial charge in [0, 0.05) is 42.0 Å². The van der Waals surface area contributed by atoms with Crippen LogP contribution in [0.4, 0.5) is 0 Å². The maximum Gasteiger partial charge on any atom is 0.356 e. The Morgan fingerprint density at radius 2 is 2.22 bits per heavy atom. The van der Waals surface area contributed by atoms with Crippen LogP contribution in [-0.2, 0) is 25.9 Å². The first-order valence-corrected chi connectivity index (χ1v) is 9.42. The molecule has 1 atom stereocenters. The standard InChI is InChI=1S/C21H24N4O2/c1-3-25-19-9-7-16(12-17(19)20(23-25)21(26)27)24(2)13-14-6-8-18-15(11-14)5-4-10-22-18/h4-6,8,10-11,16H,3,7,9,12-13H2,1-2H3,(H,26,27). The average molecular weight is 364 g/mol. The smallest absolute Gasteiger partial charge is 0.356 e. The van der Waals surface area contributed by atoms with Crippen LogP contribution < -0.4 is 0 Å². The number of carboxylic acids is 1. The second kappa shape index (κ2) is 7.12. The van der Waals surface area contributed by atoms with Crippen molar-refractivity contribution >= 4 is 16.9 Å². The fourth-order valence-corrected chi connectivity index (χ4v) is 4.12. The molecule has 0 bridgehead atoms. The van der Waals surface area contributed by atoms with Crippen molar-refractivity contribution in [2.75, 3.05) is 7.05 Å². The quantitative estimate of drug-likeness (QED) is 0.753. The third-order valence-electron chi connectivity index (χ3n) is 5.55. The summed E-state index contributed by atoms with van der Waals surface area (Å²) in [6.45, 7) is 3.54. The Morgan fingerprint density at radius 1 is 1.37 bits per heavy atom. The molecule has 0 aliphatic heterocycles. The van der Waals surface area contributed by atoms with Crippen molar-refractivity contribution in [2.24, 2.45) is 0 Å². The van der Waals surface area contributed by atoms with E-state index in [-0.39, 0.29) is 5.69 Å². The number of benzene rings is 1. The van der Waals surface area contributed by atoms with E-state index in [2.05, 4.69) is 46.3 Å². The van der Waals surface area contributed by atoms with Crippen molar-refractivity contribution in [2.45, 2.75) is 45.3 Å². The third-order valence-corrected chi connectivity index (χ3v) is 5.55. The molecule has 1 aliphatic rings. The van der Waals surface area contributed by atoms with Crippen molar-refractivity contribution in [1.82, 2.24) is 19.7 Å². The van der Waals surface area contributed by atoms with Crippen LogP contribution in [0, 0.1) is 0 Å².